The number of nitrogens with zero attached hydrogens (tertiary/aromatic N) is 1. The van der Waals surface area contributed by atoms with Crippen molar-refractivity contribution in [3.05, 3.63) is 148 Å². The number of hydrogen-bond acceptors (Lipinski definition) is 5. The van der Waals surface area contributed by atoms with Crippen molar-refractivity contribution in [3.8, 4) is 5.75 Å². The Labute approximate surface area is 295 Å². The second-order valence-electron chi connectivity index (χ2n) is 12.2. The number of benzene rings is 4. The number of para-hydroxylation sites is 1. The molecule has 0 aliphatic heterocycles. The molecule has 6 nitrogen and oxygen atoms in total. The van der Waals surface area contributed by atoms with Gasteiger partial charge >= 0.3 is 0 Å². The average Bonchev–Trinajstić information content (AvgIpc) is 3.47. The Morgan fingerprint density at radius 3 is 2.02 bits per heavy atom. The highest BCUT2D eigenvalue weighted by Crippen LogP contribution is 2.27. The number of Topliss-reactive ketones (excluding diaryl/α,β-unsaturated/α-hetero) is 1. The lowest BCUT2D eigenvalue weighted by molar-refractivity contribution is 0.101. The van der Waals surface area contributed by atoms with Crippen LogP contribution in [0, 0.1) is 13.8 Å². The van der Waals surface area contributed by atoms with Gasteiger partial charge in [-0.1, -0.05) is 115 Å². The van der Waals surface area contributed by atoms with Gasteiger partial charge in [0.25, 0.3) is 0 Å². The number of halogens is 1. The van der Waals surface area contributed by atoms with Crippen LogP contribution in [0.3, 0.4) is 0 Å². The lowest BCUT2D eigenvalue weighted by atomic mass is 10.0. The molecule has 254 valence electrons. The second-order valence-corrected chi connectivity index (χ2v) is 14.8. The van der Waals surface area contributed by atoms with Gasteiger partial charge in [0.1, 0.15) is 11.5 Å². The van der Waals surface area contributed by atoms with Crippen molar-refractivity contribution in [2.24, 2.45) is 0 Å². The minimum atomic E-state index is -3.70. The van der Waals surface area contributed by atoms with Crippen LogP contribution in [0.4, 0.5) is 0 Å². The number of ether oxygens (including phenoxy) is 1. The van der Waals surface area contributed by atoms with E-state index in [-0.39, 0.29) is 5.75 Å². The number of rotatable bonds is 17. The molecule has 0 unspecified atom stereocenters. The van der Waals surface area contributed by atoms with E-state index in [0.29, 0.717) is 44.8 Å². The van der Waals surface area contributed by atoms with Crippen molar-refractivity contribution in [1.29, 1.82) is 0 Å². The Bertz CT molecular complexity index is 1940. The van der Waals surface area contributed by atoms with E-state index in [4.69, 9.17) is 16.3 Å². The minimum Gasteiger partial charge on any atom is -0.494 e. The molecule has 0 fully saturated rings. The first kappa shape index (κ1) is 35.9. The maximum atomic E-state index is 13.6. The summed E-state index contributed by atoms with van der Waals surface area (Å²) in [6, 6.07) is 31.5. The smallest absolute Gasteiger partial charge is 0.194 e. The zero-order valence-corrected chi connectivity index (χ0v) is 29.6. The first-order valence-electron chi connectivity index (χ1n) is 16.6. The van der Waals surface area contributed by atoms with E-state index in [9.17, 15) is 13.2 Å². The first-order chi connectivity index (χ1) is 23.7. The number of hydrogen-bond donors (Lipinski definition) is 1. The van der Waals surface area contributed by atoms with Crippen molar-refractivity contribution >= 4 is 50.3 Å². The third-order valence-corrected chi connectivity index (χ3v) is 10.5. The van der Waals surface area contributed by atoms with Crippen molar-refractivity contribution in [3.63, 3.8) is 0 Å². The van der Waals surface area contributed by atoms with E-state index in [2.05, 4.69) is 9.88 Å². The van der Waals surface area contributed by atoms with Crippen molar-refractivity contribution in [1.82, 2.24) is 9.88 Å². The topological polar surface area (TPSA) is 79.5 Å². The lowest BCUT2D eigenvalue weighted by Crippen LogP contribution is -2.32. The lowest BCUT2D eigenvalue weighted by Gasteiger charge is -2.19. The molecule has 5 rings (SSSR count). The maximum absolute atomic E-state index is 13.6. The number of aromatic nitrogens is 1. The molecule has 0 spiro atoms. The Kier molecular flexibility index (Phi) is 12.7. The Morgan fingerprint density at radius 1 is 0.837 bits per heavy atom. The molecule has 49 heavy (non-hydrogen) atoms. The number of aryl methyl sites for hydroxylation is 3. The fraction of sp³-hybridized carbons (Fsp3) is 0.244. The highest BCUT2D eigenvalue weighted by atomic mass is 35.5. The van der Waals surface area contributed by atoms with Gasteiger partial charge in [-0.3, -0.25) is 9.69 Å². The van der Waals surface area contributed by atoms with Gasteiger partial charge in [-0.15, -0.1) is 0 Å². The van der Waals surface area contributed by atoms with Crippen LogP contribution in [-0.2, 0) is 16.3 Å². The molecule has 5 aromatic rings. The standard InChI is InChI=1S/C41H43ClN2O4S/c1-31-28-35(29-32(2)40(31)42)48-26-13-21-37-36-20-9-10-22-38(36)43-41(37)39(45)30-49(46,47)27-25-44(23-11-18-33-14-5-3-6-15-33)24-12-19-34-16-7-4-8-17-34/h3-12,14-20,22,28-29,43H,13,21,23-27,30H2,1-2H3/b18-11+,19-12+. The molecule has 0 atom stereocenters. The summed E-state index contributed by atoms with van der Waals surface area (Å²) in [6.07, 6.45) is 9.36. The van der Waals surface area contributed by atoms with Gasteiger partial charge in [-0.05, 0) is 72.7 Å². The number of carbonyl (C=O) groups excluding carboxylic acids is 1. The molecule has 0 radical (unpaired) electrons. The van der Waals surface area contributed by atoms with Crippen LogP contribution in [0.25, 0.3) is 23.1 Å². The summed E-state index contributed by atoms with van der Waals surface area (Å²) in [6.45, 7) is 5.78. The molecule has 0 bridgehead atoms. The third-order valence-electron chi connectivity index (χ3n) is 8.36. The maximum Gasteiger partial charge on any atom is 0.194 e. The molecule has 0 amide bonds. The van der Waals surface area contributed by atoms with E-state index in [1.54, 1.807) is 0 Å². The summed E-state index contributed by atoms with van der Waals surface area (Å²) in [5.74, 6) is -0.350. The molecule has 0 saturated heterocycles. The van der Waals surface area contributed by atoms with E-state index < -0.39 is 21.4 Å². The van der Waals surface area contributed by atoms with Gasteiger partial charge < -0.3 is 9.72 Å². The predicted molar refractivity (Wildman–Crippen MR) is 203 cm³/mol. The van der Waals surface area contributed by atoms with Crippen LogP contribution < -0.4 is 4.74 Å². The Morgan fingerprint density at radius 2 is 1.41 bits per heavy atom. The third kappa shape index (κ3) is 10.5. The van der Waals surface area contributed by atoms with Crippen LogP contribution in [-0.4, -0.2) is 61.8 Å². The number of aromatic amines is 1. The van der Waals surface area contributed by atoms with Gasteiger partial charge in [0, 0.05) is 35.6 Å². The fourth-order valence-corrected chi connectivity index (χ4v) is 7.13. The monoisotopic (exact) mass is 694 g/mol. The highest BCUT2D eigenvalue weighted by molar-refractivity contribution is 7.92. The minimum absolute atomic E-state index is 0.125. The number of ketones is 1. The van der Waals surface area contributed by atoms with E-state index in [0.717, 1.165) is 49.5 Å². The molecule has 0 aliphatic rings. The average molecular weight is 695 g/mol. The molecule has 1 heterocycles. The van der Waals surface area contributed by atoms with E-state index in [1.165, 1.54) is 0 Å². The van der Waals surface area contributed by atoms with Crippen molar-refractivity contribution in [2.45, 2.75) is 26.7 Å². The Balaban J connectivity index is 1.23. The van der Waals surface area contributed by atoms with Crippen LogP contribution in [0.2, 0.25) is 5.02 Å². The predicted octanol–water partition coefficient (Wildman–Crippen LogP) is 8.78. The molecule has 0 saturated carbocycles. The SMILES string of the molecule is Cc1cc(OCCCc2c(C(=O)CS(=O)(=O)CCN(C/C=C/c3ccccc3)C/C=C/c3ccccc3)[nH]c3ccccc23)cc(C)c1Cl. The first-order valence-corrected chi connectivity index (χ1v) is 18.8. The van der Waals surface area contributed by atoms with Gasteiger partial charge in [0.05, 0.1) is 18.1 Å². The quantitative estimate of drug-likeness (QED) is 0.0778. The summed E-state index contributed by atoms with van der Waals surface area (Å²) < 4.78 is 32.8. The number of H-pyrrole nitrogens is 1. The van der Waals surface area contributed by atoms with Crippen LogP contribution in [0.5, 0.6) is 5.75 Å². The molecule has 1 aromatic heterocycles. The van der Waals surface area contributed by atoms with Gasteiger partial charge in [0.2, 0.25) is 0 Å². The summed E-state index contributed by atoms with van der Waals surface area (Å²) in [5, 5.41) is 1.65. The normalized spacial score (nSPS) is 12.1. The van der Waals surface area contributed by atoms with Gasteiger partial charge in [0.15, 0.2) is 15.6 Å². The summed E-state index contributed by atoms with van der Waals surface area (Å²) in [5.41, 5.74) is 6.06. The van der Waals surface area contributed by atoms with Gasteiger partial charge in [-0.25, -0.2) is 8.42 Å². The molecular formula is C41H43ClN2O4S. The van der Waals surface area contributed by atoms with Crippen molar-refractivity contribution in [2.75, 3.05) is 37.7 Å². The highest BCUT2D eigenvalue weighted by Gasteiger charge is 2.24. The fourth-order valence-electron chi connectivity index (χ4n) is 5.80. The van der Waals surface area contributed by atoms with Gasteiger partial charge in [-0.2, -0.15) is 0 Å². The molecule has 8 heteroatoms. The van der Waals surface area contributed by atoms with Crippen LogP contribution in [0.15, 0.2) is 109 Å². The number of nitrogens with one attached hydrogen (secondary N) is 1. The zero-order valence-electron chi connectivity index (χ0n) is 28.1. The summed E-state index contributed by atoms with van der Waals surface area (Å²) >= 11 is 6.30. The molecule has 0 aliphatic carbocycles. The second kappa shape index (κ2) is 17.3. The zero-order chi connectivity index (χ0) is 34.6. The number of fused-ring (bicyclic) bond motifs is 1. The van der Waals surface area contributed by atoms with Crippen LogP contribution >= 0.6 is 11.6 Å². The van der Waals surface area contributed by atoms with E-state index in [1.807, 2.05) is 135 Å². The molecule has 4 aromatic carbocycles. The number of sulfone groups is 1. The molecular weight excluding hydrogens is 652 g/mol. The summed E-state index contributed by atoms with van der Waals surface area (Å²) in [7, 11) is -3.70. The Hall–Kier alpha value is -4.43. The molecule has 1 N–H and O–H groups in total. The largest absolute Gasteiger partial charge is 0.494 e. The van der Waals surface area contributed by atoms with Crippen LogP contribution in [0.1, 0.15) is 44.7 Å². The van der Waals surface area contributed by atoms with Crippen molar-refractivity contribution < 1.29 is 17.9 Å². The summed E-state index contributed by atoms with van der Waals surface area (Å²) in [4.78, 5) is 18.9. The number of carbonyl (C=O) groups is 1. The van der Waals surface area contributed by atoms with E-state index >= 15 is 0 Å².